The SMILES string of the molecule is C[C@@H]1CN(C(=O)c2ccc(-n3cccn3)cc2Cl)c2ccccc2CN1C(=O)NCC(=O)NCc1ccccc1. The monoisotopic (exact) mass is 556 g/mol. The van der Waals surface area contributed by atoms with Crippen molar-refractivity contribution < 1.29 is 14.4 Å². The van der Waals surface area contributed by atoms with E-state index in [0.717, 1.165) is 16.8 Å². The molecular weight excluding hydrogens is 528 g/mol. The average Bonchev–Trinajstić information content (AvgIpc) is 3.47. The van der Waals surface area contributed by atoms with Gasteiger partial charge in [-0.15, -0.1) is 0 Å². The molecule has 1 aliphatic heterocycles. The van der Waals surface area contributed by atoms with Gasteiger partial charge in [0.2, 0.25) is 5.91 Å². The highest BCUT2D eigenvalue weighted by Crippen LogP contribution is 2.30. The van der Waals surface area contributed by atoms with Crippen LogP contribution in [0.5, 0.6) is 0 Å². The van der Waals surface area contributed by atoms with Crippen LogP contribution in [0.4, 0.5) is 10.5 Å². The van der Waals surface area contributed by atoms with E-state index in [9.17, 15) is 14.4 Å². The number of rotatable bonds is 6. The minimum absolute atomic E-state index is 0.155. The van der Waals surface area contributed by atoms with Crippen LogP contribution in [-0.4, -0.2) is 51.7 Å². The lowest BCUT2D eigenvalue weighted by molar-refractivity contribution is -0.120. The molecule has 0 saturated carbocycles. The summed E-state index contributed by atoms with van der Waals surface area (Å²) in [6.07, 6.45) is 3.47. The van der Waals surface area contributed by atoms with Crippen LogP contribution in [0.25, 0.3) is 5.69 Å². The third-order valence-corrected chi connectivity index (χ3v) is 7.11. The lowest BCUT2D eigenvalue weighted by Gasteiger charge is -2.29. The molecule has 0 radical (unpaired) electrons. The molecule has 5 rings (SSSR count). The highest BCUT2D eigenvalue weighted by molar-refractivity contribution is 6.34. The van der Waals surface area contributed by atoms with Gasteiger partial charge in [0.25, 0.3) is 5.91 Å². The van der Waals surface area contributed by atoms with Crippen molar-refractivity contribution in [2.24, 2.45) is 0 Å². The molecule has 40 heavy (non-hydrogen) atoms. The molecule has 9 nitrogen and oxygen atoms in total. The number of benzene rings is 3. The van der Waals surface area contributed by atoms with Gasteiger partial charge in [-0.3, -0.25) is 9.59 Å². The number of urea groups is 1. The summed E-state index contributed by atoms with van der Waals surface area (Å²) in [5, 5.41) is 10.1. The minimum Gasteiger partial charge on any atom is -0.350 e. The Bertz CT molecular complexity index is 1510. The maximum atomic E-state index is 13.8. The maximum absolute atomic E-state index is 13.8. The Balaban J connectivity index is 1.29. The van der Waals surface area contributed by atoms with Crippen molar-refractivity contribution in [1.82, 2.24) is 25.3 Å². The van der Waals surface area contributed by atoms with E-state index >= 15 is 0 Å². The van der Waals surface area contributed by atoms with Crippen LogP contribution in [0.3, 0.4) is 0 Å². The standard InChI is InChI=1S/C30H29ClN6O3/c1-21-19-36(29(39)25-13-12-24(16-26(25)31)37-15-7-14-34-37)27-11-6-5-10-23(27)20-35(21)30(40)33-18-28(38)32-17-22-8-3-2-4-9-22/h2-16,21H,17-20H2,1H3,(H,32,38)(H,33,40)/t21-/m1/s1. The molecule has 3 aromatic carbocycles. The largest absolute Gasteiger partial charge is 0.350 e. The zero-order valence-corrected chi connectivity index (χ0v) is 22.7. The molecule has 0 saturated heterocycles. The fourth-order valence-electron chi connectivity index (χ4n) is 4.68. The molecule has 1 aliphatic rings. The predicted octanol–water partition coefficient (Wildman–Crippen LogP) is 4.40. The molecule has 1 atom stereocenters. The Morgan fingerprint density at radius 2 is 1.75 bits per heavy atom. The van der Waals surface area contributed by atoms with E-state index in [1.54, 1.807) is 45.1 Å². The van der Waals surface area contributed by atoms with Crippen molar-refractivity contribution in [1.29, 1.82) is 0 Å². The summed E-state index contributed by atoms with van der Waals surface area (Å²) in [4.78, 5) is 42.7. The van der Waals surface area contributed by atoms with Gasteiger partial charge in [0.1, 0.15) is 0 Å². The lowest BCUT2D eigenvalue weighted by atomic mass is 10.1. The fourth-order valence-corrected chi connectivity index (χ4v) is 4.93. The van der Waals surface area contributed by atoms with Crippen molar-refractivity contribution in [3.8, 4) is 5.69 Å². The number of carbonyl (C=O) groups excluding carboxylic acids is 3. The van der Waals surface area contributed by atoms with Crippen molar-refractivity contribution in [2.45, 2.75) is 26.1 Å². The first-order valence-electron chi connectivity index (χ1n) is 12.9. The molecule has 204 valence electrons. The first kappa shape index (κ1) is 27.0. The van der Waals surface area contributed by atoms with Gasteiger partial charge >= 0.3 is 6.03 Å². The van der Waals surface area contributed by atoms with E-state index in [-0.39, 0.29) is 43.5 Å². The smallest absolute Gasteiger partial charge is 0.318 e. The van der Waals surface area contributed by atoms with E-state index in [1.807, 2.05) is 67.6 Å². The van der Waals surface area contributed by atoms with Crippen LogP contribution in [0.1, 0.15) is 28.4 Å². The van der Waals surface area contributed by atoms with E-state index in [1.165, 1.54) is 0 Å². The number of fused-ring (bicyclic) bond motifs is 1. The second-order valence-electron chi connectivity index (χ2n) is 9.56. The maximum Gasteiger partial charge on any atom is 0.318 e. The lowest BCUT2D eigenvalue weighted by Crippen LogP contribution is -2.50. The molecule has 10 heteroatoms. The summed E-state index contributed by atoms with van der Waals surface area (Å²) >= 11 is 6.58. The second kappa shape index (κ2) is 12.0. The van der Waals surface area contributed by atoms with Crippen LogP contribution in [0.2, 0.25) is 5.02 Å². The van der Waals surface area contributed by atoms with Gasteiger partial charge in [-0.05, 0) is 48.4 Å². The number of hydrogen-bond donors (Lipinski definition) is 2. The van der Waals surface area contributed by atoms with Gasteiger partial charge in [-0.25, -0.2) is 9.48 Å². The zero-order valence-electron chi connectivity index (χ0n) is 22.0. The highest BCUT2D eigenvalue weighted by Gasteiger charge is 2.32. The van der Waals surface area contributed by atoms with Crippen molar-refractivity contribution >= 4 is 35.1 Å². The van der Waals surface area contributed by atoms with Gasteiger partial charge in [-0.2, -0.15) is 5.10 Å². The van der Waals surface area contributed by atoms with Crippen LogP contribution in [-0.2, 0) is 17.9 Å². The molecule has 4 aromatic rings. The van der Waals surface area contributed by atoms with Gasteiger partial charge < -0.3 is 20.4 Å². The predicted molar refractivity (Wildman–Crippen MR) is 153 cm³/mol. The number of aromatic nitrogens is 2. The van der Waals surface area contributed by atoms with Crippen molar-refractivity contribution in [3.63, 3.8) is 0 Å². The number of hydrogen-bond acceptors (Lipinski definition) is 4. The topological polar surface area (TPSA) is 99.6 Å². The van der Waals surface area contributed by atoms with Crippen molar-refractivity contribution in [3.05, 3.63) is 113 Å². The molecule has 2 N–H and O–H groups in total. The molecule has 0 fully saturated rings. The number of anilines is 1. The molecule has 0 aliphatic carbocycles. The van der Waals surface area contributed by atoms with Gasteiger partial charge in [0.15, 0.2) is 0 Å². The summed E-state index contributed by atoms with van der Waals surface area (Å²) in [7, 11) is 0. The molecular formula is C30H29ClN6O3. The number of carbonyl (C=O) groups is 3. The number of nitrogens with zero attached hydrogens (tertiary/aromatic N) is 4. The van der Waals surface area contributed by atoms with E-state index in [2.05, 4.69) is 15.7 Å². The zero-order chi connectivity index (χ0) is 28.1. The van der Waals surface area contributed by atoms with Crippen LogP contribution in [0, 0.1) is 0 Å². The van der Waals surface area contributed by atoms with Crippen LogP contribution >= 0.6 is 11.6 Å². The van der Waals surface area contributed by atoms with E-state index in [4.69, 9.17) is 11.6 Å². The van der Waals surface area contributed by atoms with Gasteiger partial charge in [-0.1, -0.05) is 60.1 Å². The van der Waals surface area contributed by atoms with Crippen molar-refractivity contribution in [2.75, 3.05) is 18.0 Å². The van der Waals surface area contributed by atoms with Gasteiger partial charge in [0, 0.05) is 43.8 Å². The van der Waals surface area contributed by atoms with Gasteiger partial charge in [0.05, 0.1) is 22.8 Å². The Kier molecular flexibility index (Phi) is 8.12. The third kappa shape index (κ3) is 6.00. The number of nitrogens with one attached hydrogen (secondary N) is 2. The molecule has 2 heterocycles. The summed E-state index contributed by atoms with van der Waals surface area (Å²) in [6, 6.07) is 23.3. The first-order valence-corrected chi connectivity index (χ1v) is 13.3. The summed E-state index contributed by atoms with van der Waals surface area (Å²) in [6.45, 7) is 2.64. The minimum atomic E-state index is -0.381. The Hall–Kier alpha value is -4.63. The Morgan fingerprint density at radius 1 is 0.975 bits per heavy atom. The summed E-state index contributed by atoms with van der Waals surface area (Å²) in [5.74, 6) is -0.552. The molecule has 4 amide bonds. The molecule has 0 bridgehead atoms. The van der Waals surface area contributed by atoms with Crippen LogP contribution in [0.15, 0.2) is 91.3 Å². The quantitative estimate of drug-likeness (QED) is 0.368. The van der Waals surface area contributed by atoms with E-state index in [0.29, 0.717) is 22.8 Å². The molecule has 1 aromatic heterocycles. The third-order valence-electron chi connectivity index (χ3n) is 6.79. The van der Waals surface area contributed by atoms with Crippen LogP contribution < -0.4 is 15.5 Å². The molecule has 0 spiro atoms. The average molecular weight is 557 g/mol. The first-order chi connectivity index (χ1) is 19.4. The van der Waals surface area contributed by atoms with E-state index < -0.39 is 0 Å². The Labute approximate surface area is 237 Å². The highest BCUT2D eigenvalue weighted by atomic mass is 35.5. The number of para-hydroxylation sites is 1. The fraction of sp³-hybridized carbons (Fsp3) is 0.200. The molecule has 0 unspecified atom stereocenters. The number of amides is 4. The Morgan fingerprint density at radius 3 is 2.50 bits per heavy atom. The second-order valence-corrected chi connectivity index (χ2v) is 9.96. The summed E-state index contributed by atoms with van der Waals surface area (Å²) < 4.78 is 1.67. The number of halogens is 1. The normalized spacial score (nSPS) is 14.7. The summed E-state index contributed by atoms with van der Waals surface area (Å²) in [5.41, 5.74) is 3.59.